The molecule has 1 aromatic carbocycles. The van der Waals surface area contributed by atoms with E-state index < -0.39 is 29.3 Å². The predicted octanol–water partition coefficient (Wildman–Crippen LogP) is 0.174. The molecule has 3 aromatic rings. The van der Waals surface area contributed by atoms with Crippen LogP contribution in [0.1, 0.15) is 16.9 Å². The predicted molar refractivity (Wildman–Crippen MR) is 112 cm³/mol. The van der Waals surface area contributed by atoms with Gasteiger partial charge in [0.1, 0.15) is 17.8 Å². The summed E-state index contributed by atoms with van der Waals surface area (Å²) in [7, 11) is 1.53. The molecule has 0 aliphatic heterocycles. The second-order valence-electron chi connectivity index (χ2n) is 6.61. The van der Waals surface area contributed by atoms with Crippen molar-refractivity contribution in [2.24, 2.45) is 0 Å². The lowest BCUT2D eigenvalue weighted by atomic mass is 10.1. The van der Waals surface area contributed by atoms with Crippen LogP contribution in [0.4, 0.5) is 0 Å². The molecule has 0 radical (unpaired) electrons. The number of aromatic nitrogens is 4. The van der Waals surface area contributed by atoms with Crippen LogP contribution in [0.3, 0.4) is 0 Å². The Morgan fingerprint density at radius 1 is 1.32 bits per heavy atom. The number of Topliss-reactive ketones (excluding diaryl/α,β-unsaturated/α-hetero) is 1. The third-order valence-electron chi connectivity index (χ3n) is 4.60. The van der Waals surface area contributed by atoms with Gasteiger partial charge >= 0.3 is 5.69 Å². The number of alkyl halides is 1. The van der Waals surface area contributed by atoms with Crippen LogP contribution in [-0.2, 0) is 16.1 Å². The average Bonchev–Trinajstić information content (AvgIpc) is 3.40. The maximum Gasteiger partial charge on any atom is 0.343 e. The number of carbonyl (C=O) groups excluding carboxylic acids is 3. The Labute approximate surface area is 181 Å². The van der Waals surface area contributed by atoms with E-state index >= 15 is 0 Å². The van der Waals surface area contributed by atoms with E-state index in [0.29, 0.717) is 5.75 Å². The molecule has 11 nitrogen and oxygen atoms in total. The maximum absolute atomic E-state index is 12.4. The molecule has 31 heavy (non-hydrogen) atoms. The maximum atomic E-state index is 12.4. The number of amides is 2. The zero-order chi connectivity index (χ0) is 22.4. The zero-order valence-electron chi connectivity index (χ0n) is 16.6. The van der Waals surface area contributed by atoms with Gasteiger partial charge in [0, 0.05) is 17.4 Å². The van der Waals surface area contributed by atoms with Crippen LogP contribution in [0.2, 0.25) is 0 Å². The molecule has 0 bridgehead atoms. The summed E-state index contributed by atoms with van der Waals surface area (Å²) >= 11 is 5.62. The Hall–Kier alpha value is -3.60. The molecule has 2 heterocycles. The Bertz CT molecular complexity index is 1150. The van der Waals surface area contributed by atoms with E-state index in [-0.39, 0.29) is 31.1 Å². The third-order valence-corrected chi connectivity index (χ3v) is 4.87. The topological polar surface area (TPSA) is 151 Å². The molecule has 4 N–H and O–H groups in total. The van der Waals surface area contributed by atoms with Gasteiger partial charge in [-0.25, -0.2) is 9.48 Å². The van der Waals surface area contributed by atoms with Crippen LogP contribution < -0.4 is 21.1 Å². The summed E-state index contributed by atoms with van der Waals surface area (Å²) in [6.45, 7) is -0.237. The number of hydrogen-bond donors (Lipinski definition) is 4. The van der Waals surface area contributed by atoms with E-state index in [1.54, 1.807) is 24.3 Å². The van der Waals surface area contributed by atoms with Gasteiger partial charge in [0.25, 0.3) is 5.91 Å². The van der Waals surface area contributed by atoms with Gasteiger partial charge in [-0.2, -0.15) is 5.10 Å². The standard InChI is InChI=1S/C19H21ClN6O5/c1-31-16-4-2-3-12-11(16)7-14(24-12)18(29)21-9-17(28)25-13(15(27)8-20)5-6-26-19(30)22-10-23-26/h2-4,7,10,13,24H,5-6,8-9H2,1H3,(H,21,29)(H,25,28)(H,22,23,30). The van der Waals surface area contributed by atoms with Gasteiger partial charge in [-0.15, -0.1) is 11.6 Å². The number of aryl methyl sites for hydroxylation is 1. The van der Waals surface area contributed by atoms with Crippen molar-refractivity contribution in [2.75, 3.05) is 19.5 Å². The number of methoxy groups -OCH3 is 1. The first-order valence-electron chi connectivity index (χ1n) is 9.35. The van der Waals surface area contributed by atoms with E-state index in [1.165, 1.54) is 13.4 Å². The summed E-state index contributed by atoms with van der Waals surface area (Å²) in [5.74, 6) is -1.16. The summed E-state index contributed by atoms with van der Waals surface area (Å²) in [6, 6.07) is 6.08. The quantitative estimate of drug-likeness (QED) is 0.325. The largest absolute Gasteiger partial charge is 0.496 e. The normalized spacial score (nSPS) is 11.8. The molecule has 3 rings (SSSR count). The van der Waals surface area contributed by atoms with E-state index in [4.69, 9.17) is 16.3 Å². The lowest BCUT2D eigenvalue weighted by molar-refractivity contribution is -0.126. The van der Waals surface area contributed by atoms with Crippen LogP contribution in [0.5, 0.6) is 5.75 Å². The van der Waals surface area contributed by atoms with Crippen LogP contribution in [0.15, 0.2) is 35.4 Å². The highest BCUT2D eigenvalue weighted by molar-refractivity contribution is 6.28. The Morgan fingerprint density at radius 3 is 2.81 bits per heavy atom. The average molecular weight is 449 g/mol. The molecule has 2 aromatic heterocycles. The molecular weight excluding hydrogens is 428 g/mol. The SMILES string of the molecule is COc1cccc2[nH]c(C(=O)NCC(=O)NC(CCn3nc[nH]c3=O)C(=O)CCl)cc12. The lowest BCUT2D eigenvalue weighted by Gasteiger charge is -2.16. The van der Waals surface area contributed by atoms with Crippen molar-refractivity contribution in [3.8, 4) is 5.75 Å². The molecular formula is C19H21ClN6O5. The highest BCUT2D eigenvalue weighted by Crippen LogP contribution is 2.25. The number of rotatable bonds is 10. The van der Waals surface area contributed by atoms with Gasteiger partial charge in [0.05, 0.1) is 25.6 Å². The molecule has 0 saturated carbocycles. The van der Waals surface area contributed by atoms with Gasteiger partial charge in [-0.05, 0) is 24.6 Å². The third kappa shape index (κ3) is 5.31. The number of ether oxygens (including phenoxy) is 1. The van der Waals surface area contributed by atoms with Crippen molar-refractivity contribution in [2.45, 2.75) is 19.0 Å². The Morgan fingerprint density at radius 2 is 2.13 bits per heavy atom. The van der Waals surface area contributed by atoms with E-state index in [9.17, 15) is 19.2 Å². The van der Waals surface area contributed by atoms with Crippen LogP contribution in [0, 0.1) is 0 Å². The molecule has 12 heteroatoms. The number of carbonyl (C=O) groups is 3. The first-order chi connectivity index (χ1) is 14.9. The van der Waals surface area contributed by atoms with E-state index in [1.807, 2.05) is 0 Å². The van der Waals surface area contributed by atoms with Crippen LogP contribution in [0.25, 0.3) is 10.9 Å². The summed E-state index contributed by atoms with van der Waals surface area (Å²) in [6.07, 6.45) is 1.35. The summed E-state index contributed by atoms with van der Waals surface area (Å²) in [5, 5.41) is 9.56. The highest BCUT2D eigenvalue weighted by atomic mass is 35.5. The minimum atomic E-state index is -0.914. The number of fused-ring (bicyclic) bond motifs is 1. The summed E-state index contributed by atoms with van der Waals surface area (Å²) in [4.78, 5) is 53.6. The number of hydrogen-bond acceptors (Lipinski definition) is 6. The number of nitrogens with one attached hydrogen (secondary N) is 4. The molecule has 0 saturated heterocycles. The number of benzene rings is 1. The molecule has 164 valence electrons. The van der Waals surface area contributed by atoms with Gasteiger partial charge in [0.15, 0.2) is 5.78 Å². The fourth-order valence-corrected chi connectivity index (χ4v) is 3.21. The summed E-state index contributed by atoms with van der Waals surface area (Å²) in [5.41, 5.74) is 0.555. The van der Waals surface area contributed by atoms with Crippen molar-refractivity contribution in [1.29, 1.82) is 0 Å². The number of aromatic amines is 2. The highest BCUT2D eigenvalue weighted by Gasteiger charge is 2.21. The van der Waals surface area contributed by atoms with Gasteiger partial charge in [-0.3, -0.25) is 19.4 Å². The first kappa shape index (κ1) is 22.1. The fraction of sp³-hybridized carbons (Fsp3) is 0.316. The monoisotopic (exact) mass is 448 g/mol. The number of ketones is 1. The second-order valence-corrected chi connectivity index (χ2v) is 6.88. The van der Waals surface area contributed by atoms with Crippen LogP contribution in [-0.4, -0.2) is 62.9 Å². The molecule has 1 unspecified atom stereocenters. The molecule has 0 aliphatic carbocycles. The Balaban J connectivity index is 1.58. The molecule has 0 aliphatic rings. The van der Waals surface area contributed by atoms with Gasteiger partial charge in [0.2, 0.25) is 5.91 Å². The first-order valence-corrected chi connectivity index (χ1v) is 9.88. The molecule has 0 spiro atoms. The van der Waals surface area contributed by atoms with Crippen molar-refractivity contribution >= 4 is 40.1 Å². The lowest BCUT2D eigenvalue weighted by Crippen LogP contribution is -2.46. The van der Waals surface area contributed by atoms with Crippen molar-refractivity contribution < 1.29 is 19.1 Å². The molecule has 0 fully saturated rings. The van der Waals surface area contributed by atoms with Crippen molar-refractivity contribution in [1.82, 2.24) is 30.4 Å². The van der Waals surface area contributed by atoms with E-state index in [0.717, 1.165) is 15.6 Å². The number of halogens is 1. The minimum absolute atomic E-state index is 0.110. The minimum Gasteiger partial charge on any atom is -0.496 e. The van der Waals surface area contributed by atoms with E-state index in [2.05, 4.69) is 25.7 Å². The Kier molecular flexibility index (Phi) is 7.08. The summed E-state index contributed by atoms with van der Waals surface area (Å²) < 4.78 is 6.40. The van der Waals surface area contributed by atoms with Crippen LogP contribution >= 0.6 is 11.6 Å². The van der Waals surface area contributed by atoms with Gasteiger partial charge < -0.3 is 20.4 Å². The second kappa shape index (κ2) is 9.94. The molecule has 1 atom stereocenters. The molecule has 2 amide bonds. The number of nitrogens with zero attached hydrogens (tertiary/aromatic N) is 2. The number of H-pyrrole nitrogens is 2. The fourth-order valence-electron chi connectivity index (χ4n) is 3.03. The van der Waals surface area contributed by atoms with Gasteiger partial charge in [-0.1, -0.05) is 6.07 Å². The smallest absolute Gasteiger partial charge is 0.343 e. The van der Waals surface area contributed by atoms with Crippen molar-refractivity contribution in [3.63, 3.8) is 0 Å². The van der Waals surface area contributed by atoms with Crippen molar-refractivity contribution in [3.05, 3.63) is 46.8 Å². The zero-order valence-corrected chi connectivity index (χ0v) is 17.4.